The summed E-state index contributed by atoms with van der Waals surface area (Å²) >= 11 is 1.51. The molecule has 2 aromatic rings. The monoisotopic (exact) mass is 432 g/mol. The first-order chi connectivity index (χ1) is 13.6. The quantitative estimate of drug-likeness (QED) is 0.747. The number of aryl methyl sites for hydroxylation is 2. The Morgan fingerprint density at radius 3 is 2.55 bits per heavy atom. The summed E-state index contributed by atoms with van der Waals surface area (Å²) in [6.45, 7) is 5.39. The van der Waals surface area contributed by atoms with Gasteiger partial charge in [-0.2, -0.15) is 0 Å². The highest BCUT2D eigenvalue weighted by atomic mass is 32.2. The predicted molar refractivity (Wildman–Crippen MR) is 116 cm³/mol. The summed E-state index contributed by atoms with van der Waals surface area (Å²) in [6, 6.07) is 10.4. The van der Waals surface area contributed by atoms with Crippen molar-refractivity contribution in [3.63, 3.8) is 0 Å². The molecule has 6 nitrogen and oxygen atoms in total. The normalized spacial score (nSPS) is 15.1. The van der Waals surface area contributed by atoms with Gasteiger partial charge in [0, 0.05) is 29.2 Å². The van der Waals surface area contributed by atoms with Crippen LogP contribution < -0.4 is 10.6 Å². The molecule has 0 spiro atoms. The molecular weight excluding hydrogens is 408 g/mol. The van der Waals surface area contributed by atoms with Crippen molar-refractivity contribution < 1.29 is 18.0 Å². The lowest BCUT2D eigenvalue weighted by Crippen LogP contribution is -2.25. The van der Waals surface area contributed by atoms with Crippen LogP contribution in [0.4, 0.5) is 11.4 Å². The average Bonchev–Trinajstić information content (AvgIpc) is 2.80. The smallest absolute Gasteiger partial charge is 0.225 e. The van der Waals surface area contributed by atoms with E-state index in [1.165, 1.54) is 30.8 Å². The van der Waals surface area contributed by atoms with E-state index in [0.29, 0.717) is 23.5 Å². The molecule has 0 aromatic heterocycles. The fourth-order valence-electron chi connectivity index (χ4n) is 3.24. The third-order valence-corrected chi connectivity index (χ3v) is 7.86. The summed E-state index contributed by atoms with van der Waals surface area (Å²) in [5.41, 5.74) is 3.20. The van der Waals surface area contributed by atoms with E-state index >= 15 is 0 Å². The second-order valence-corrected chi connectivity index (χ2v) is 10.8. The van der Waals surface area contributed by atoms with Crippen LogP contribution in [0.25, 0.3) is 0 Å². The van der Waals surface area contributed by atoms with Crippen LogP contribution in [0, 0.1) is 13.8 Å². The number of hydrogen-bond donors (Lipinski definition) is 2. The maximum absolute atomic E-state index is 13.0. The Bertz CT molecular complexity index is 1040. The van der Waals surface area contributed by atoms with E-state index in [-0.39, 0.29) is 23.1 Å². The first kappa shape index (κ1) is 21.4. The van der Waals surface area contributed by atoms with Crippen molar-refractivity contribution in [1.29, 1.82) is 0 Å². The van der Waals surface area contributed by atoms with Crippen molar-refractivity contribution >= 4 is 44.8 Å². The van der Waals surface area contributed by atoms with Gasteiger partial charge in [-0.25, -0.2) is 8.42 Å². The number of thioether (sulfide) groups is 1. The van der Waals surface area contributed by atoms with Crippen LogP contribution in [0.5, 0.6) is 0 Å². The number of carbonyl (C=O) groups is 2. The fraction of sp³-hybridized carbons (Fsp3) is 0.333. The number of nitrogens with one attached hydrogen (secondary N) is 2. The summed E-state index contributed by atoms with van der Waals surface area (Å²) in [6.07, 6.45) is 0.226. The van der Waals surface area contributed by atoms with Gasteiger partial charge in [0.05, 0.1) is 15.8 Å². The molecule has 1 aliphatic rings. The molecule has 0 saturated carbocycles. The van der Waals surface area contributed by atoms with Crippen molar-refractivity contribution in [1.82, 2.24) is 0 Å². The molecule has 3 rings (SSSR count). The lowest BCUT2D eigenvalue weighted by Gasteiger charge is -2.15. The van der Waals surface area contributed by atoms with Crippen molar-refractivity contribution in [2.24, 2.45) is 0 Å². The van der Waals surface area contributed by atoms with Gasteiger partial charge in [-0.15, -0.1) is 11.8 Å². The van der Waals surface area contributed by atoms with Gasteiger partial charge in [0.2, 0.25) is 11.8 Å². The minimum absolute atomic E-state index is 0.103. The zero-order chi connectivity index (χ0) is 21.2. The summed E-state index contributed by atoms with van der Waals surface area (Å²) < 4.78 is 26.0. The van der Waals surface area contributed by atoms with E-state index < -0.39 is 15.1 Å². The SMILES string of the molecule is Cc1cc(C)cc(NC(=O)C[C@H](C)S(=O)(=O)c2ccc3c(c2)NC(=O)CCS3)c1. The standard InChI is InChI=1S/C21H24N2O4S2/c1-13-8-14(2)10-16(9-13)22-21(25)11-15(3)29(26,27)17-4-5-19-18(12-17)23-20(24)6-7-28-19/h4-5,8-10,12,15H,6-7,11H2,1-3H3,(H,22,25)(H,23,24)/t15-/m0/s1. The molecular formula is C21H24N2O4S2. The Kier molecular flexibility index (Phi) is 6.33. The molecule has 2 aromatic carbocycles. The van der Waals surface area contributed by atoms with Crippen molar-refractivity contribution in [3.05, 3.63) is 47.5 Å². The molecule has 154 valence electrons. The third kappa shape index (κ3) is 5.19. The zero-order valence-corrected chi connectivity index (χ0v) is 18.2. The Balaban J connectivity index is 1.75. The maximum Gasteiger partial charge on any atom is 0.225 e. The highest BCUT2D eigenvalue weighted by molar-refractivity contribution is 7.99. The van der Waals surface area contributed by atoms with E-state index in [4.69, 9.17) is 0 Å². The Hall–Kier alpha value is -2.32. The van der Waals surface area contributed by atoms with Crippen molar-refractivity contribution in [3.8, 4) is 0 Å². The van der Waals surface area contributed by atoms with Crippen LogP contribution in [0.3, 0.4) is 0 Å². The summed E-state index contributed by atoms with van der Waals surface area (Å²) in [4.78, 5) is 25.1. The number of hydrogen-bond acceptors (Lipinski definition) is 5. The summed E-state index contributed by atoms with van der Waals surface area (Å²) in [5.74, 6) is 0.163. The number of sulfone groups is 1. The number of amides is 2. The van der Waals surface area contributed by atoms with E-state index in [9.17, 15) is 18.0 Å². The molecule has 0 unspecified atom stereocenters. The lowest BCUT2D eigenvalue weighted by atomic mass is 10.1. The second-order valence-electron chi connectivity index (χ2n) is 7.29. The topological polar surface area (TPSA) is 92.3 Å². The molecule has 1 atom stereocenters. The average molecular weight is 433 g/mol. The number of carbonyl (C=O) groups excluding carboxylic acids is 2. The Labute approximate surface area is 175 Å². The van der Waals surface area contributed by atoms with Crippen molar-refractivity contribution in [2.45, 2.75) is 48.7 Å². The molecule has 1 aliphatic heterocycles. The van der Waals surface area contributed by atoms with Crippen LogP contribution in [0.1, 0.15) is 30.9 Å². The van der Waals surface area contributed by atoms with Crippen molar-refractivity contribution in [2.75, 3.05) is 16.4 Å². The van der Waals surface area contributed by atoms with Crippen LogP contribution >= 0.6 is 11.8 Å². The van der Waals surface area contributed by atoms with E-state index in [1.54, 1.807) is 6.07 Å². The van der Waals surface area contributed by atoms with Crippen LogP contribution in [-0.2, 0) is 19.4 Å². The Morgan fingerprint density at radius 1 is 1.17 bits per heavy atom. The van der Waals surface area contributed by atoms with Gasteiger partial charge in [-0.3, -0.25) is 9.59 Å². The molecule has 0 fully saturated rings. The zero-order valence-electron chi connectivity index (χ0n) is 16.6. The maximum atomic E-state index is 13.0. The van der Waals surface area contributed by atoms with Gasteiger partial charge in [0.1, 0.15) is 0 Å². The second kappa shape index (κ2) is 8.59. The fourth-order valence-corrected chi connectivity index (χ4v) is 5.55. The molecule has 1 heterocycles. The van der Waals surface area contributed by atoms with Gasteiger partial charge in [-0.05, 0) is 62.2 Å². The minimum atomic E-state index is -3.73. The van der Waals surface area contributed by atoms with Gasteiger partial charge < -0.3 is 10.6 Å². The molecule has 0 aliphatic carbocycles. The molecule has 0 bridgehead atoms. The molecule has 2 N–H and O–H groups in total. The van der Waals surface area contributed by atoms with Crippen LogP contribution in [-0.4, -0.2) is 31.2 Å². The largest absolute Gasteiger partial charge is 0.326 e. The predicted octanol–water partition coefficient (Wildman–Crippen LogP) is 3.93. The summed E-state index contributed by atoms with van der Waals surface area (Å²) in [5, 5.41) is 4.63. The van der Waals surface area contributed by atoms with Gasteiger partial charge in [0.15, 0.2) is 9.84 Å². The minimum Gasteiger partial charge on any atom is -0.326 e. The van der Waals surface area contributed by atoms with Gasteiger partial charge >= 0.3 is 0 Å². The number of fused-ring (bicyclic) bond motifs is 1. The van der Waals surface area contributed by atoms with Crippen LogP contribution in [0.2, 0.25) is 0 Å². The highest BCUT2D eigenvalue weighted by Crippen LogP contribution is 2.33. The van der Waals surface area contributed by atoms with E-state index in [2.05, 4.69) is 10.6 Å². The van der Waals surface area contributed by atoms with Crippen LogP contribution in [0.15, 0.2) is 46.2 Å². The van der Waals surface area contributed by atoms with E-state index in [1.807, 2.05) is 32.0 Å². The molecule has 8 heteroatoms. The molecule has 29 heavy (non-hydrogen) atoms. The highest BCUT2D eigenvalue weighted by Gasteiger charge is 2.27. The number of benzene rings is 2. The molecule has 2 amide bonds. The van der Waals surface area contributed by atoms with Gasteiger partial charge in [-0.1, -0.05) is 6.07 Å². The first-order valence-electron chi connectivity index (χ1n) is 9.34. The Morgan fingerprint density at radius 2 is 1.86 bits per heavy atom. The number of anilines is 2. The third-order valence-electron chi connectivity index (χ3n) is 4.65. The van der Waals surface area contributed by atoms with Gasteiger partial charge in [0.25, 0.3) is 0 Å². The first-order valence-corrected chi connectivity index (χ1v) is 11.9. The summed E-state index contributed by atoms with van der Waals surface area (Å²) in [7, 11) is -3.73. The molecule has 0 radical (unpaired) electrons. The lowest BCUT2D eigenvalue weighted by molar-refractivity contribution is -0.116. The number of rotatable bonds is 5. The molecule has 0 saturated heterocycles. The van der Waals surface area contributed by atoms with E-state index in [0.717, 1.165) is 16.0 Å².